The second kappa shape index (κ2) is 7.22. The summed E-state index contributed by atoms with van der Waals surface area (Å²) in [6, 6.07) is 9.08. The molecule has 0 aliphatic rings. The van der Waals surface area contributed by atoms with Gasteiger partial charge in [-0.25, -0.2) is 9.97 Å². The van der Waals surface area contributed by atoms with Crippen molar-refractivity contribution in [2.45, 2.75) is 13.5 Å². The normalized spacial score (nSPS) is 11.1. The second-order valence-electron chi connectivity index (χ2n) is 5.71. The number of hydrogen-bond acceptors (Lipinski definition) is 8. The fourth-order valence-corrected chi connectivity index (χ4v) is 2.77. The number of halogens is 1. The molecule has 9 nitrogen and oxygen atoms in total. The fraction of sp³-hybridized carbons (Fsp3) is 0.176. The molecule has 0 bridgehead atoms. The molecule has 1 N–H and O–H groups in total. The summed E-state index contributed by atoms with van der Waals surface area (Å²) < 4.78 is 6.70. The van der Waals surface area contributed by atoms with E-state index in [4.69, 9.17) is 16.3 Å². The number of ether oxygens (including phenoxy) is 1. The molecule has 4 aromatic rings. The summed E-state index contributed by atoms with van der Waals surface area (Å²) in [5.41, 5.74) is 2.76. The van der Waals surface area contributed by atoms with Crippen LogP contribution < -0.4 is 5.32 Å². The molecule has 27 heavy (non-hydrogen) atoms. The van der Waals surface area contributed by atoms with Crippen LogP contribution in [0.2, 0.25) is 5.02 Å². The molecule has 0 saturated heterocycles. The zero-order chi connectivity index (χ0) is 18.8. The third-order valence-electron chi connectivity index (χ3n) is 3.79. The third kappa shape index (κ3) is 3.55. The van der Waals surface area contributed by atoms with Gasteiger partial charge in [0, 0.05) is 24.0 Å². The highest BCUT2D eigenvalue weighted by Gasteiger charge is 2.14. The smallest absolute Gasteiger partial charge is 0.272 e. The van der Waals surface area contributed by atoms with Crippen molar-refractivity contribution >= 4 is 29.0 Å². The average molecular weight is 383 g/mol. The van der Waals surface area contributed by atoms with Crippen molar-refractivity contribution in [3.63, 3.8) is 0 Å². The van der Waals surface area contributed by atoms with Gasteiger partial charge in [0.1, 0.15) is 12.3 Å². The van der Waals surface area contributed by atoms with Gasteiger partial charge in [0.2, 0.25) is 5.95 Å². The Morgan fingerprint density at radius 2 is 2.07 bits per heavy atom. The quantitative estimate of drug-likeness (QED) is 0.562. The van der Waals surface area contributed by atoms with Crippen LogP contribution in [0.15, 0.2) is 36.5 Å². The maximum absolute atomic E-state index is 6.02. The average Bonchev–Trinajstić information content (AvgIpc) is 3.06. The molecule has 1 aromatic carbocycles. The summed E-state index contributed by atoms with van der Waals surface area (Å²) in [5, 5.41) is 16.5. The monoisotopic (exact) mass is 382 g/mol. The molecular formula is C17H15ClN8O. The molecule has 0 radical (unpaired) electrons. The number of hydrogen-bond donors (Lipinski definition) is 1. The molecule has 10 heteroatoms. The number of aryl methyl sites for hydroxylation is 1. The highest BCUT2D eigenvalue weighted by atomic mass is 35.5. The van der Waals surface area contributed by atoms with Gasteiger partial charge in [-0.2, -0.15) is 9.50 Å². The van der Waals surface area contributed by atoms with Gasteiger partial charge in [-0.1, -0.05) is 17.7 Å². The third-order valence-corrected chi connectivity index (χ3v) is 4.02. The van der Waals surface area contributed by atoms with Crippen LogP contribution in [0, 0.1) is 6.92 Å². The van der Waals surface area contributed by atoms with E-state index in [2.05, 4.69) is 35.6 Å². The molecule has 0 fully saturated rings. The van der Waals surface area contributed by atoms with E-state index in [0.717, 1.165) is 11.4 Å². The van der Waals surface area contributed by atoms with Gasteiger partial charge in [-0.05, 0) is 31.2 Å². The Balaban J connectivity index is 1.70. The van der Waals surface area contributed by atoms with Crippen LogP contribution >= 0.6 is 11.6 Å². The van der Waals surface area contributed by atoms with E-state index in [9.17, 15) is 0 Å². The van der Waals surface area contributed by atoms with E-state index in [1.165, 1.54) is 0 Å². The van der Waals surface area contributed by atoms with E-state index in [1.807, 2.05) is 19.1 Å². The Hall–Kier alpha value is -3.17. The first-order valence-corrected chi connectivity index (χ1v) is 8.46. The van der Waals surface area contributed by atoms with Gasteiger partial charge in [0.15, 0.2) is 5.82 Å². The summed E-state index contributed by atoms with van der Waals surface area (Å²) >= 11 is 6.02. The van der Waals surface area contributed by atoms with Crippen molar-refractivity contribution in [2.75, 3.05) is 12.4 Å². The highest BCUT2D eigenvalue weighted by molar-refractivity contribution is 6.30. The van der Waals surface area contributed by atoms with Gasteiger partial charge in [0.05, 0.1) is 11.4 Å². The molecule has 0 aliphatic carbocycles. The Bertz CT molecular complexity index is 1110. The molecule has 0 atom stereocenters. The second-order valence-corrected chi connectivity index (χ2v) is 6.14. The lowest BCUT2D eigenvalue weighted by Gasteiger charge is -2.08. The molecule has 4 rings (SSSR count). The predicted molar refractivity (Wildman–Crippen MR) is 99.8 cm³/mol. The number of fused-ring (bicyclic) bond motifs is 1. The largest absolute Gasteiger partial charge is 0.377 e. The van der Waals surface area contributed by atoms with Crippen LogP contribution in [0.3, 0.4) is 0 Å². The van der Waals surface area contributed by atoms with Crippen molar-refractivity contribution in [3.8, 4) is 11.4 Å². The van der Waals surface area contributed by atoms with Gasteiger partial charge in [-0.3, -0.25) is 0 Å². The number of anilines is 2. The first-order valence-electron chi connectivity index (χ1n) is 8.08. The van der Waals surface area contributed by atoms with Crippen LogP contribution in [0.5, 0.6) is 0 Å². The molecule has 0 spiro atoms. The number of rotatable bonds is 5. The Labute approximate surface area is 159 Å². The van der Waals surface area contributed by atoms with E-state index >= 15 is 0 Å². The minimum Gasteiger partial charge on any atom is -0.377 e. The topological polar surface area (TPSA) is 103 Å². The first-order chi connectivity index (χ1) is 13.1. The van der Waals surface area contributed by atoms with Gasteiger partial charge in [-0.15, -0.1) is 15.3 Å². The molecular weight excluding hydrogens is 368 g/mol. The molecule has 0 amide bonds. The van der Waals surface area contributed by atoms with Crippen LogP contribution in [0.4, 0.5) is 11.6 Å². The molecule has 3 heterocycles. The van der Waals surface area contributed by atoms with E-state index in [0.29, 0.717) is 40.6 Å². The van der Waals surface area contributed by atoms with Crippen molar-refractivity contribution in [1.82, 2.24) is 34.8 Å². The van der Waals surface area contributed by atoms with Crippen molar-refractivity contribution < 1.29 is 4.74 Å². The molecule has 3 aromatic heterocycles. The van der Waals surface area contributed by atoms with Gasteiger partial charge in [0.25, 0.3) is 5.78 Å². The van der Waals surface area contributed by atoms with Crippen molar-refractivity contribution in [3.05, 3.63) is 53.1 Å². The number of methoxy groups -OCH3 is 1. The molecule has 136 valence electrons. The predicted octanol–water partition coefficient (Wildman–Crippen LogP) is 2.83. The summed E-state index contributed by atoms with van der Waals surface area (Å²) in [6.45, 7) is 2.19. The summed E-state index contributed by atoms with van der Waals surface area (Å²) in [5.74, 6) is 1.38. The number of nitrogens with zero attached hydrogens (tertiary/aromatic N) is 7. The standard InChI is InChI=1S/C17H15ClN8O/c1-10-15(23-24-17-22-14(9-27-2)25-26(10)17)13-6-7-19-16(21-13)20-12-5-3-4-11(18)8-12/h3-8H,9H2,1-2H3,(H,19,20,21). The fourth-order valence-electron chi connectivity index (χ4n) is 2.58. The number of nitrogens with one attached hydrogen (secondary N) is 1. The van der Waals surface area contributed by atoms with Crippen molar-refractivity contribution in [1.29, 1.82) is 0 Å². The van der Waals surface area contributed by atoms with Gasteiger partial charge >= 0.3 is 0 Å². The van der Waals surface area contributed by atoms with Crippen LogP contribution in [-0.2, 0) is 11.3 Å². The summed E-state index contributed by atoms with van der Waals surface area (Å²) in [4.78, 5) is 13.0. The SMILES string of the molecule is COCc1nc2nnc(-c3ccnc(Nc4cccc(Cl)c4)n3)c(C)n2n1. The minimum absolute atomic E-state index is 0.305. The molecule has 0 aliphatic heterocycles. The van der Waals surface area contributed by atoms with Crippen LogP contribution in [0.25, 0.3) is 17.2 Å². The van der Waals surface area contributed by atoms with E-state index in [-0.39, 0.29) is 0 Å². The van der Waals surface area contributed by atoms with Crippen LogP contribution in [0.1, 0.15) is 11.5 Å². The maximum Gasteiger partial charge on any atom is 0.272 e. The van der Waals surface area contributed by atoms with E-state index < -0.39 is 0 Å². The lowest BCUT2D eigenvalue weighted by Crippen LogP contribution is -2.05. The highest BCUT2D eigenvalue weighted by Crippen LogP contribution is 2.22. The maximum atomic E-state index is 6.02. The van der Waals surface area contributed by atoms with Gasteiger partial charge < -0.3 is 10.1 Å². The zero-order valence-corrected chi connectivity index (χ0v) is 15.3. The summed E-state index contributed by atoms with van der Waals surface area (Å²) in [6.07, 6.45) is 1.65. The Morgan fingerprint density at radius 1 is 1.19 bits per heavy atom. The van der Waals surface area contributed by atoms with E-state index in [1.54, 1.807) is 36.0 Å². The molecule has 0 unspecified atom stereocenters. The van der Waals surface area contributed by atoms with Crippen LogP contribution in [-0.4, -0.2) is 41.9 Å². The molecule has 0 saturated carbocycles. The first kappa shape index (κ1) is 17.3. The Morgan fingerprint density at radius 3 is 2.89 bits per heavy atom. The van der Waals surface area contributed by atoms with Crippen molar-refractivity contribution in [2.24, 2.45) is 0 Å². The lowest BCUT2D eigenvalue weighted by atomic mass is 10.2. The zero-order valence-electron chi connectivity index (χ0n) is 14.6. The lowest BCUT2D eigenvalue weighted by molar-refractivity contribution is 0.178. The minimum atomic E-state index is 0.305. The number of benzene rings is 1. The Kier molecular flexibility index (Phi) is 4.61. The summed E-state index contributed by atoms with van der Waals surface area (Å²) in [7, 11) is 1.59. The number of aromatic nitrogens is 7.